The summed E-state index contributed by atoms with van der Waals surface area (Å²) in [6.45, 7) is 4.52. The van der Waals surface area contributed by atoms with Crippen LogP contribution in [0.3, 0.4) is 0 Å². The van der Waals surface area contributed by atoms with Crippen LogP contribution in [0.25, 0.3) is 0 Å². The summed E-state index contributed by atoms with van der Waals surface area (Å²) in [5, 5.41) is 0.686. The minimum atomic E-state index is -0.381. The van der Waals surface area contributed by atoms with Crippen molar-refractivity contribution in [2.45, 2.75) is 65.2 Å². The number of unbranched alkanes of at least 4 members (excludes halogenated alkanes) is 5. The summed E-state index contributed by atoms with van der Waals surface area (Å²) in [7, 11) is 0. The molecule has 0 saturated heterocycles. The van der Waals surface area contributed by atoms with Gasteiger partial charge in [-0.25, -0.2) is 0 Å². The predicted octanol–water partition coefficient (Wildman–Crippen LogP) is 6.87. The molecule has 0 N–H and O–H groups in total. The Labute approximate surface area is 176 Å². The molecule has 7 heteroatoms. The largest absolute Gasteiger partial charge is 0.465 e. The monoisotopic (exact) mass is 436 g/mol. The van der Waals surface area contributed by atoms with Crippen molar-refractivity contribution in [3.8, 4) is 5.75 Å². The van der Waals surface area contributed by atoms with Gasteiger partial charge in [-0.05, 0) is 30.9 Å². The zero-order valence-corrected chi connectivity index (χ0v) is 18.1. The van der Waals surface area contributed by atoms with Crippen LogP contribution >= 0.6 is 34.8 Å². The normalized spacial score (nSPS) is 10.9. The van der Waals surface area contributed by atoms with Crippen LogP contribution in [0.4, 0.5) is 0 Å². The molecular weight excluding hydrogens is 411 g/mol. The van der Waals surface area contributed by atoms with Gasteiger partial charge in [0.1, 0.15) is 5.02 Å². The quantitative estimate of drug-likeness (QED) is 0.155. The molecular formula is C20H27Cl3O4. The van der Waals surface area contributed by atoms with Gasteiger partial charge >= 0.3 is 11.9 Å². The second-order valence-electron chi connectivity index (χ2n) is 6.84. The van der Waals surface area contributed by atoms with Crippen LogP contribution in [-0.2, 0) is 14.3 Å². The van der Waals surface area contributed by atoms with Gasteiger partial charge < -0.3 is 9.47 Å². The molecule has 0 fully saturated rings. The van der Waals surface area contributed by atoms with E-state index in [4.69, 9.17) is 44.3 Å². The van der Waals surface area contributed by atoms with E-state index in [9.17, 15) is 9.59 Å². The highest BCUT2D eigenvalue weighted by Gasteiger charge is 2.14. The van der Waals surface area contributed by atoms with E-state index in [2.05, 4.69) is 0 Å². The Morgan fingerprint density at radius 3 is 1.96 bits per heavy atom. The van der Waals surface area contributed by atoms with E-state index in [0.717, 1.165) is 38.5 Å². The van der Waals surface area contributed by atoms with Crippen molar-refractivity contribution in [2.24, 2.45) is 5.92 Å². The third-order valence-electron chi connectivity index (χ3n) is 3.81. The second kappa shape index (κ2) is 13.2. The summed E-state index contributed by atoms with van der Waals surface area (Å²) in [6, 6.07) is 3.09. The highest BCUT2D eigenvalue weighted by Crippen LogP contribution is 2.38. The lowest BCUT2D eigenvalue weighted by Crippen LogP contribution is -2.09. The first-order valence-corrected chi connectivity index (χ1v) is 10.4. The molecule has 0 atom stereocenters. The van der Waals surface area contributed by atoms with E-state index < -0.39 is 0 Å². The van der Waals surface area contributed by atoms with E-state index in [1.165, 1.54) is 6.07 Å². The Kier molecular flexibility index (Phi) is 11.8. The average molecular weight is 438 g/mol. The van der Waals surface area contributed by atoms with Crippen molar-refractivity contribution in [1.82, 2.24) is 0 Å². The zero-order valence-electron chi connectivity index (χ0n) is 15.9. The number of hydrogen-bond acceptors (Lipinski definition) is 4. The van der Waals surface area contributed by atoms with Crippen molar-refractivity contribution < 1.29 is 19.1 Å². The van der Waals surface area contributed by atoms with E-state index in [1.54, 1.807) is 6.07 Å². The lowest BCUT2D eigenvalue weighted by molar-refractivity contribution is -0.144. The molecule has 1 aromatic carbocycles. The summed E-state index contributed by atoms with van der Waals surface area (Å²) >= 11 is 17.9. The molecule has 0 aliphatic rings. The Hall–Kier alpha value is -0.970. The SMILES string of the molecule is CC(C)COC(=O)CCCCCCCCC(=O)Oc1c(Cl)ccc(Cl)c1Cl. The van der Waals surface area contributed by atoms with Crippen molar-refractivity contribution in [3.05, 3.63) is 27.2 Å². The minimum Gasteiger partial charge on any atom is -0.465 e. The van der Waals surface area contributed by atoms with Crippen molar-refractivity contribution in [3.63, 3.8) is 0 Å². The Morgan fingerprint density at radius 1 is 0.852 bits per heavy atom. The number of ether oxygens (including phenoxy) is 2. The van der Waals surface area contributed by atoms with E-state index in [0.29, 0.717) is 25.4 Å². The molecule has 0 unspecified atom stereocenters. The van der Waals surface area contributed by atoms with Gasteiger partial charge in [-0.3, -0.25) is 9.59 Å². The van der Waals surface area contributed by atoms with Crippen LogP contribution in [0.1, 0.15) is 65.2 Å². The number of hydrogen-bond donors (Lipinski definition) is 0. The third kappa shape index (κ3) is 10.2. The maximum atomic E-state index is 11.9. The smallest absolute Gasteiger partial charge is 0.311 e. The van der Waals surface area contributed by atoms with Gasteiger partial charge in [0.25, 0.3) is 0 Å². The van der Waals surface area contributed by atoms with Crippen LogP contribution in [0.2, 0.25) is 15.1 Å². The fourth-order valence-corrected chi connectivity index (χ4v) is 2.94. The first kappa shape index (κ1) is 24.1. The summed E-state index contributed by atoms with van der Waals surface area (Å²) in [5.74, 6) is -0.0227. The Balaban J connectivity index is 2.09. The number of halogens is 3. The summed E-state index contributed by atoms with van der Waals surface area (Å²) in [5.41, 5.74) is 0. The molecule has 0 bridgehead atoms. The zero-order chi connectivity index (χ0) is 20.2. The minimum absolute atomic E-state index is 0.111. The molecule has 27 heavy (non-hydrogen) atoms. The van der Waals surface area contributed by atoms with Crippen LogP contribution in [-0.4, -0.2) is 18.5 Å². The lowest BCUT2D eigenvalue weighted by atomic mass is 10.1. The van der Waals surface area contributed by atoms with Crippen molar-refractivity contribution >= 4 is 46.7 Å². The van der Waals surface area contributed by atoms with E-state index >= 15 is 0 Å². The molecule has 4 nitrogen and oxygen atoms in total. The molecule has 0 amide bonds. The first-order valence-electron chi connectivity index (χ1n) is 9.31. The van der Waals surface area contributed by atoms with Gasteiger partial charge in [0.05, 0.1) is 16.7 Å². The molecule has 0 spiro atoms. The molecule has 0 radical (unpaired) electrons. The summed E-state index contributed by atoms with van der Waals surface area (Å²) < 4.78 is 10.4. The number of rotatable bonds is 12. The topological polar surface area (TPSA) is 52.6 Å². The second-order valence-corrected chi connectivity index (χ2v) is 8.04. The highest BCUT2D eigenvalue weighted by molar-refractivity contribution is 6.44. The fourth-order valence-electron chi connectivity index (χ4n) is 2.34. The van der Waals surface area contributed by atoms with E-state index in [1.807, 2.05) is 13.8 Å². The molecule has 0 saturated carbocycles. The van der Waals surface area contributed by atoms with Gasteiger partial charge in [-0.2, -0.15) is 0 Å². The molecule has 152 valence electrons. The summed E-state index contributed by atoms with van der Waals surface area (Å²) in [4.78, 5) is 23.4. The highest BCUT2D eigenvalue weighted by atomic mass is 35.5. The van der Waals surface area contributed by atoms with Crippen LogP contribution < -0.4 is 4.74 Å². The number of benzene rings is 1. The van der Waals surface area contributed by atoms with Crippen LogP contribution in [0.5, 0.6) is 5.75 Å². The van der Waals surface area contributed by atoms with Crippen LogP contribution in [0, 0.1) is 5.92 Å². The number of carbonyl (C=O) groups is 2. The van der Waals surface area contributed by atoms with Gasteiger partial charge in [0.2, 0.25) is 0 Å². The predicted molar refractivity (Wildman–Crippen MR) is 110 cm³/mol. The first-order chi connectivity index (χ1) is 12.8. The fraction of sp³-hybridized carbons (Fsp3) is 0.600. The Morgan fingerprint density at radius 2 is 1.37 bits per heavy atom. The molecule has 0 aliphatic carbocycles. The van der Waals surface area contributed by atoms with Gasteiger partial charge in [-0.1, -0.05) is 74.3 Å². The molecule has 0 heterocycles. The molecule has 1 aromatic rings. The van der Waals surface area contributed by atoms with Gasteiger partial charge in [-0.15, -0.1) is 0 Å². The maximum Gasteiger partial charge on any atom is 0.311 e. The third-order valence-corrected chi connectivity index (χ3v) is 4.89. The number of esters is 2. The van der Waals surface area contributed by atoms with Crippen molar-refractivity contribution in [2.75, 3.05) is 6.61 Å². The number of carbonyl (C=O) groups excluding carboxylic acids is 2. The van der Waals surface area contributed by atoms with E-state index in [-0.39, 0.29) is 32.8 Å². The Bertz CT molecular complexity index is 617. The lowest BCUT2D eigenvalue weighted by Gasteiger charge is -2.09. The summed E-state index contributed by atoms with van der Waals surface area (Å²) in [6.07, 6.45) is 6.26. The molecule has 0 aliphatic heterocycles. The van der Waals surface area contributed by atoms with Gasteiger partial charge in [0, 0.05) is 12.8 Å². The molecule has 1 rings (SSSR count). The van der Waals surface area contributed by atoms with Gasteiger partial charge in [0.15, 0.2) is 5.75 Å². The van der Waals surface area contributed by atoms with Crippen molar-refractivity contribution in [1.29, 1.82) is 0 Å². The standard InChI is InChI=1S/C20H27Cl3O4/c1-14(2)13-26-17(24)9-7-5-3-4-6-8-10-18(25)27-20-16(22)12-11-15(21)19(20)23/h11-12,14H,3-10,13H2,1-2H3. The van der Waals surface area contributed by atoms with Crippen LogP contribution in [0.15, 0.2) is 12.1 Å². The molecule has 0 aromatic heterocycles. The average Bonchev–Trinajstić information content (AvgIpc) is 2.62. The maximum absolute atomic E-state index is 11.9.